The number of halogens is 2. The molecule has 0 radical (unpaired) electrons. The molecule has 4 aromatic rings. The van der Waals surface area contributed by atoms with Gasteiger partial charge in [0.1, 0.15) is 12.2 Å². The molecular weight excluding hydrogens is 629 g/mol. The zero-order chi connectivity index (χ0) is 33.4. The van der Waals surface area contributed by atoms with Crippen molar-refractivity contribution in [1.82, 2.24) is 29.1 Å². The number of ether oxygens (including phenoxy) is 3. The number of aliphatic hydroxyl groups is 3. The van der Waals surface area contributed by atoms with Crippen LogP contribution < -0.4 is 45.8 Å². The van der Waals surface area contributed by atoms with Crippen molar-refractivity contribution in [2.45, 2.75) is 69.5 Å². The number of carbonyl (C=O) groups excluding carboxylic acids is 1. The molecular formula is C27H35F2N6NaO10. The van der Waals surface area contributed by atoms with Crippen LogP contribution in [-0.4, -0.2) is 108 Å². The van der Waals surface area contributed by atoms with E-state index in [1.54, 1.807) is 19.1 Å². The van der Waals surface area contributed by atoms with Crippen LogP contribution in [0, 0.1) is 0 Å². The van der Waals surface area contributed by atoms with E-state index in [1.807, 2.05) is 0 Å². The standard InChI is InChI=1S/C14H16FN3O4.C11H12FN3O4.CH4O.CH3O.Na/c1-3-9-10(15)12(21-7(2)19)14(22-9)18-6-17-11-8(18)4-5-16-13(11)20;12-7-6(3-16)19-11(9(7)17)15-4-14-8-5(15)1-2-13-10(8)18;2*1-2;/h4-6,9-10,12,14H,3H2,1-2H3,(H,16,20);1-2,4,6-7,9,11,16-17H,3H2,(H,13,18);2H,1H3;1H3;/q;;;-1;+1/t9-,10+,12?,14?;6-,7+,9-,11?;;;/m11.../s1. The molecule has 3 unspecified atom stereocenters. The summed E-state index contributed by atoms with van der Waals surface area (Å²) in [5, 5.41) is 34.0. The number of carbonyl (C=O) groups is 1. The Morgan fingerprint density at radius 2 is 1.43 bits per heavy atom. The number of imidazole rings is 2. The zero-order valence-electron chi connectivity index (χ0n) is 25.7. The molecule has 0 aromatic carbocycles. The summed E-state index contributed by atoms with van der Waals surface area (Å²) in [4.78, 5) is 47.4. The van der Waals surface area contributed by atoms with Crippen LogP contribution in [0.1, 0.15) is 32.7 Å². The Hall–Kier alpha value is -3.07. The Kier molecular flexibility index (Phi) is 15.1. The van der Waals surface area contributed by atoms with Crippen LogP contribution in [0.15, 0.2) is 46.8 Å². The van der Waals surface area contributed by atoms with E-state index in [4.69, 9.17) is 29.5 Å². The third-order valence-electron chi connectivity index (χ3n) is 6.99. The molecule has 2 aliphatic heterocycles. The topological polar surface area (TPSA) is 230 Å². The van der Waals surface area contributed by atoms with E-state index < -0.39 is 61.8 Å². The van der Waals surface area contributed by atoms with E-state index in [0.717, 1.165) is 14.2 Å². The Balaban J connectivity index is 0.000000286. The number of hydrogen-bond acceptors (Lipinski definition) is 12. The summed E-state index contributed by atoms with van der Waals surface area (Å²) in [6.45, 7) is 2.49. The average molecular weight is 665 g/mol. The summed E-state index contributed by atoms with van der Waals surface area (Å²) in [7, 11) is 1.75. The van der Waals surface area contributed by atoms with E-state index in [-0.39, 0.29) is 51.7 Å². The second kappa shape index (κ2) is 17.7. The van der Waals surface area contributed by atoms with Gasteiger partial charge in [-0.2, -0.15) is 7.11 Å². The van der Waals surface area contributed by atoms with Crippen LogP contribution in [-0.2, 0) is 19.0 Å². The largest absolute Gasteiger partial charge is 1.00 e. The Morgan fingerprint density at radius 1 is 0.957 bits per heavy atom. The molecule has 8 atom stereocenters. The summed E-state index contributed by atoms with van der Waals surface area (Å²) < 4.78 is 47.1. The molecule has 2 saturated heterocycles. The first-order chi connectivity index (χ1) is 21.7. The van der Waals surface area contributed by atoms with Crippen LogP contribution in [0.3, 0.4) is 0 Å². The Bertz CT molecular complexity index is 1660. The maximum atomic E-state index is 14.4. The number of aromatic amines is 2. The number of fused-ring (bicyclic) bond motifs is 2. The monoisotopic (exact) mass is 664 g/mol. The molecule has 4 aromatic heterocycles. The van der Waals surface area contributed by atoms with E-state index in [1.165, 1.54) is 41.1 Å². The number of aromatic nitrogens is 6. The summed E-state index contributed by atoms with van der Waals surface area (Å²) >= 11 is 0. The second-order valence-corrected chi connectivity index (χ2v) is 9.56. The van der Waals surface area contributed by atoms with Crippen molar-refractivity contribution >= 4 is 28.0 Å². The molecule has 6 heterocycles. The zero-order valence-corrected chi connectivity index (χ0v) is 27.7. The van der Waals surface area contributed by atoms with Crippen LogP contribution in [0.2, 0.25) is 0 Å². The van der Waals surface area contributed by atoms with Crippen LogP contribution in [0.25, 0.3) is 22.1 Å². The fraction of sp³-hybridized carbons (Fsp3) is 0.519. The van der Waals surface area contributed by atoms with E-state index >= 15 is 0 Å². The second-order valence-electron chi connectivity index (χ2n) is 9.56. The van der Waals surface area contributed by atoms with Gasteiger partial charge in [0.25, 0.3) is 11.1 Å². The minimum atomic E-state index is -1.69. The molecule has 0 aliphatic carbocycles. The quantitative estimate of drug-likeness (QED) is 0.102. The summed E-state index contributed by atoms with van der Waals surface area (Å²) in [6, 6.07) is 3.23. The normalized spacial score (nSPS) is 26.6. The number of esters is 1. The number of nitrogens with zero attached hydrogens (tertiary/aromatic N) is 4. The van der Waals surface area contributed by atoms with Gasteiger partial charge in [0.05, 0.1) is 36.4 Å². The summed E-state index contributed by atoms with van der Waals surface area (Å²) in [5.74, 6) is -0.583. The average Bonchev–Trinajstić information content (AvgIpc) is 3.81. The molecule has 0 spiro atoms. The number of hydrogen-bond donors (Lipinski definition) is 5. The van der Waals surface area contributed by atoms with Crippen molar-refractivity contribution in [3.63, 3.8) is 0 Å². The smallest absolute Gasteiger partial charge is 0.857 e. The molecule has 0 bridgehead atoms. The Morgan fingerprint density at radius 3 is 1.87 bits per heavy atom. The number of pyridine rings is 2. The number of rotatable bonds is 5. The first-order valence-corrected chi connectivity index (χ1v) is 13.6. The fourth-order valence-corrected chi connectivity index (χ4v) is 5.00. The maximum absolute atomic E-state index is 14.4. The molecule has 248 valence electrons. The van der Waals surface area contributed by atoms with Crippen molar-refractivity contribution in [2.75, 3.05) is 20.8 Å². The van der Waals surface area contributed by atoms with Gasteiger partial charge in [0.15, 0.2) is 41.9 Å². The Labute approximate surface area is 282 Å². The van der Waals surface area contributed by atoms with Crippen LogP contribution in [0.4, 0.5) is 8.78 Å². The van der Waals surface area contributed by atoms with Gasteiger partial charge >= 0.3 is 35.5 Å². The number of H-pyrrole nitrogens is 2. The molecule has 2 fully saturated rings. The van der Waals surface area contributed by atoms with Crippen LogP contribution >= 0.6 is 0 Å². The minimum absolute atomic E-state index is 0. The van der Waals surface area contributed by atoms with Crippen molar-refractivity contribution in [1.29, 1.82) is 0 Å². The molecule has 2 aliphatic rings. The van der Waals surface area contributed by atoms with Crippen LogP contribution in [0.5, 0.6) is 0 Å². The molecule has 5 N–H and O–H groups in total. The number of nitrogens with one attached hydrogen (secondary N) is 2. The van der Waals surface area contributed by atoms with E-state index in [9.17, 15) is 28.3 Å². The molecule has 16 nitrogen and oxygen atoms in total. The summed E-state index contributed by atoms with van der Waals surface area (Å²) in [6.07, 6.45) is -3.18. The molecule has 19 heteroatoms. The van der Waals surface area contributed by atoms with Gasteiger partial charge in [-0.15, -0.1) is 0 Å². The molecule has 6 rings (SSSR count). The molecule has 0 saturated carbocycles. The van der Waals surface area contributed by atoms with Gasteiger partial charge < -0.3 is 49.2 Å². The van der Waals surface area contributed by atoms with Gasteiger partial charge in [-0.3, -0.25) is 19.0 Å². The van der Waals surface area contributed by atoms with Crippen molar-refractivity contribution in [3.8, 4) is 0 Å². The summed E-state index contributed by atoms with van der Waals surface area (Å²) in [5.41, 5.74) is 0.610. The van der Waals surface area contributed by atoms with Gasteiger partial charge in [0.2, 0.25) is 0 Å². The van der Waals surface area contributed by atoms with Gasteiger partial charge in [-0.25, -0.2) is 18.7 Å². The van der Waals surface area contributed by atoms with Gasteiger partial charge in [-0.1, -0.05) is 6.92 Å². The SMILES string of the molecule is CC[C@H]1OC(n2cnc3c(=O)[nH]ccc32)C(OC(C)=O)[C@H]1F.CO.C[O-].O=c1[nH]ccc2c1ncn2C1O[C@H](CO)[C@H](F)[C@H]1O.[Na+]. The third kappa shape index (κ3) is 7.89. The van der Waals surface area contributed by atoms with E-state index in [0.29, 0.717) is 17.5 Å². The van der Waals surface area contributed by atoms with Crippen molar-refractivity contribution in [2.24, 2.45) is 0 Å². The van der Waals surface area contributed by atoms with Crippen molar-refractivity contribution in [3.05, 3.63) is 57.9 Å². The number of alkyl halides is 2. The first-order valence-electron chi connectivity index (χ1n) is 13.6. The number of aliphatic hydroxyl groups excluding tert-OH is 3. The maximum Gasteiger partial charge on any atom is 1.00 e. The third-order valence-corrected chi connectivity index (χ3v) is 6.99. The van der Waals surface area contributed by atoms with Crippen molar-refractivity contribution < 1.29 is 77.8 Å². The molecule has 0 amide bonds. The van der Waals surface area contributed by atoms with E-state index in [2.05, 4.69) is 19.9 Å². The van der Waals surface area contributed by atoms with Gasteiger partial charge in [0, 0.05) is 26.4 Å². The predicted molar refractivity (Wildman–Crippen MR) is 151 cm³/mol. The minimum Gasteiger partial charge on any atom is -0.857 e. The molecule has 46 heavy (non-hydrogen) atoms. The first kappa shape index (κ1) is 39.1. The predicted octanol–water partition coefficient (Wildman–Crippen LogP) is -3.80. The van der Waals surface area contributed by atoms with Gasteiger partial charge in [-0.05, 0) is 18.6 Å². The fourth-order valence-electron chi connectivity index (χ4n) is 5.00.